The molecule has 0 N–H and O–H groups in total. The highest BCUT2D eigenvalue weighted by Crippen LogP contribution is 2.13. The van der Waals surface area contributed by atoms with Gasteiger partial charge in [0.25, 0.3) is 0 Å². The van der Waals surface area contributed by atoms with Crippen LogP contribution in [0.15, 0.2) is 54.6 Å². The van der Waals surface area contributed by atoms with E-state index in [1.54, 1.807) is 24.3 Å². The molecule has 2 aromatic carbocycles. The molecule has 0 aliphatic heterocycles. The maximum absolute atomic E-state index is 12.1. The highest BCUT2D eigenvalue weighted by molar-refractivity contribution is 7.90. The van der Waals surface area contributed by atoms with Crippen molar-refractivity contribution in [3.8, 4) is 11.8 Å². The number of rotatable bonds is 7. The second-order valence-electron chi connectivity index (χ2n) is 4.88. The van der Waals surface area contributed by atoms with E-state index in [-0.39, 0.29) is 11.5 Å². The van der Waals surface area contributed by atoms with Gasteiger partial charge in [-0.1, -0.05) is 36.4 Å². The third kappa shape index (κ3) is 4.90. The molecule has 0 fully saturated rings. The average Bonchev–Trinajstić information content (AvgIpc) is 2.53. The van der Waals surface area contributed by atoms with Crippen LogP contribution in [0.25, 0.3) is 0 Å². The monoisotopic (exact) mass is 315 g/mol. The van der Waals surface area contributed by atoms with Crippen LogP contribution in [0.1, 0.15) is 17.5 Å². The summed E-state index contributed by atoms with van der Waals surface area (Å²) in [7, 11) is -3.25. The summed E-state index contributed by atoms with van der Waals surface area (Å²) in [5.41, 5.74) is 0.959. The van der Waals surface area contributed by atoms with Crippen LogP contribution in [0.5, 0.6) is 5.75 Å². The van der Waals surface area contributed by atoms with Gasteiger partial charge in [0.1, 0.15) is 5.75 Å². The van der Waals surface area contributed by atoms with E-state index >= 15 is 0 Å². The van der Waals surface area contributed by atoms with Crippen LogP contribution in [0.3, 0.4) is 0 Å². The van der Waals surface area contributed by atoms with Crippen molar-refractivity contribution in [3.63, 3.8) is 0 Å². The zero-order valence-corrected chi connectivity index (χ0v) is 12.9. The molecule has 22 heavy (non-hydrogen) atoms. The molecule has 0 amide bonds. The Bertz CT molecular complexity index is 749. The van der Waals surface area contributed by atoms with E-state index in [1.165, 1.54) is 0 Å². The Morgan fingerprint density at radius 1 is 1.00 bits per heavy atom. The fourth-order valence-electron chi connectivity index (χ4n) is 2.05. The lowest BCUT2D eigenvalue weighted by molar-refractivity contribution is 0.317. The molecule has 2 rings (SSSR count). The molecule has 0 heterocycles. The summed E-state index contributed by atoms with van der Waals surface area (Å²) in [5, 5.41) is 8.99. The average molecular weight is 315 g/mol. The summed E-state index contributed by atoms with van der Waals surface area (Å²) in [5.74, 6) is 0.663. The highest BCUT2D eigenvalue weighted by Gasteiger charge is 2.14. The van der Waals surface area contributed by atoms with E-state index in [0.29, 0.717) is 24.2 Å². The third-order valence-electron chi connectivity index (χ3n) is 3.12. The molecule has 5 heteroatoms. The minimum Gasteiger partial charge on any atom is -0.494 e. The molecule has 0 saturated heterocycles. The van der Waals surface area contributed by atoms with Gasteiger partial charge in [-0.15, -0.1) is 0 Å². The van der Waals surface area contributed by atoms with Crippen LogP contribution in [-0.4, -0.2) is 20.8 Å². The molecular formula is C17H17NO3S. The molecule has 0 aliphatic carbocycles. The van der Waals surface area contributed by atoms with Gasteiger partial charge in [-0.25, -0.2) is 8.42 Å². The fourth-order valence-corrected chi connectivity index (χ4v) is 3.48. The van der Waals surface area contributed by atoms with E-state index in [9.17, 15) is 8.42 Å². The molecule has 4 nitrogen and oxygen atoms in total. The van der Waals surface area contributed by atoms with Gasteiger partial charge in [0.15, 0.2) is 9.84 Å². The van der Waals surface area contributed by atoms with Gasteiger partial charge in [-0.05, 0) is 30.2 Å². The van der Waals surface area contributed by atoms with Gasteiger partial charge >= 0.3 is 0 Å². The lowest BCUT2D eigenvalue weighted by Crippen LogP contribution is -2.13. The number of hydrogen-bond donors (Lipinski definition) is 0. The van der Waals surface area contributed by atoms with Crippen molar-refractivity contribution in [1.82, 2.24) is 0 Å². The summed E-state index contributed by atoms with van der Waals surface area (Å²) in [6, 6.07) is 18.1. The van der Waals surface area contributed by atoms with Crippen molar-refractivity contribution in [2.75, 3.05) is 12.4 Å². The summed E-state index contributed by atoms with van der Waals surface area (Å²) >= 11 is 0. The molecule has 0 aromatic heterocycles. The second kappa shape index (κ2) is 7.62. The van der Waals surface area contributed by atoms with E-state index < -0.39 is 9.84 Å². The van der Waals surface area contributed by atoms with Crippen LogP contribution in [0.2, 0.25) is 0 Å². The smallest absolute Gasteiger partial charge is 0.154 e. The zero-order valence-electron chi connectivity index (χ0n) is 12.1. The first-order valence-corrected chi connectivity index (χ1v) is 8.79. The second-order valence-corrected chi connectivity index (χ2v) is 7.06. The SMILES string of the molecule is N#Cc1ccccc1CS(=O)(=O)CCCOc1ccccc1. The van der Waals surface area contributed by atoms with Crippen molar-refractivity contribution < 1.29 is 13.2 Å². The number of ether oxygens (including phenoxy) is 1. The predicted molar refractivity (Wildman–Crippen MR) is 85.2 cm³/mol. The van der Waals surface area contributed by atoms with E-state index in [1.807, 2.05) is 36.4 Å². The third-order valence-corrected chi connectivity index (χ3v) is 4.79. The van der Waals surface area contributed by atoms with E-state index in [4.69, 9.17) is 10.00 Å². The first kappa shape index (κ1) is 16.1. The van der Waals surface area contributed by atoms with Crippen LogP contribution >= 0.6 is 0 Å². The molecular weight excluding hydrogens is 298 g/mol. The van der Waals surface area contributed by atoms with Gasteiger partial charge < -0.3 is 4.74 Å². The summed E-state index contributed by atoms with van der Waals surface area (Å²) in [4.78, 5) is 0. The highest BCUT2D eigenvalue weighted by atomic mass is 32.2. The number of hydrogen-bond acceptors (Lipinski definition) is 4. The van der Waals surface area contributed by atoms with Crippen molar-refractivity contribution >= 4 is 9.84 Å². The van der Waals surface area contributed by atoms with Crippen molar-refractivity contribution in [2.24, 2.45) is 0 Å². The Balaban J connectivity index is 1.85. The first-order chi connectivity index (χ1) is 10.6. The molecule has 0 radical (unpaired) electrons. The van der Waals surface area contributed by atoms with E-state index in [2.05, 4.69) is 0 Å². The molecule has 0 bridgehead atoms. The number of nitriles is 1. The van der Waals surface area contributed by atoms with Crippen molar-refractivity contribution in [1.29, 1.82) is 5.26 Å². The Kier molecular flexibility index (Phi) is 5.56. The van der Waals surface area contributed by atoms with Crippen molar-refractivity contribution in [2.45, 2.75) is 12.2 Å². The first-order valence-electron chi connectivity index (χ1n) is 6.97. The Morgan fingerprint density at radius 3 is 2.41 bits per heavy atom. The maximum atomic E-state index is 12.1. The van der Waals surface area contributed by atoms with Crippen molar-refractivity contribution in [3.05, 3.63) is 65.7 Å². The number of benzene rings is 2. The van der Waals surface area contributed by atoms with Gasteiger partial charge in [0.2, 0.25) is 0 Å². The molecule has 0 atom stereocenters. The summed E-state index contributed by atoms with van der Waals surface area (Å²) in [6.45, 7) is 0.350. The molecule has 0 unspecified atom stereocenters. The zero-order chi connectivity index (χ0) is 15.8. The minimum absolute atomic E-state index is 0.0413. The molecule has 2 aromatic rings. The normalized spacial score (nSPS) is 10.9. The van der Waals surface area contributed by atoms with Crippen LogP contribution in [-0.2, 0) is 15.6 Å². The van der Waals surface area contributed by atoms with Crippen LogP contribution < -0.4 is 4.74 Å². The molecule has 0 saturated carbocycles. The summed E-state index contributed by atoms with van der Waals surface area (Å²) in [6.07, 6.45) is 0.423. The number of nitrogens with zero attached hydrogens (tertiary/aromatic N) is 1. The summed E-state index contributed by atoms with van der Waals surface area (Å²) < 4.78 is 29.7. The molecule has 0 spiro atoms. The topological polar surface area (TPSA) is 67.2 Å². The number of para-hydroxylation sites is 1. The predicted octanol–water partition coefficient (Wildman–Crippen LogP) is 2.94. The maximum Gasteiger partial charge on any atom is 0.154 e. The van der Waals surface area contributed by atoms with Crippen LogP contribution in [0, 0.1) is 11.3 Å². The largest absolute Gasteiger partial charge is 0.494 e. The van der Waals surface area contributed by atoms with Gasteiger partial charge in [-0.3, -0.25) is 0 Å². The minimum atomic E-state index is -3.25. The van der Waals surface area contributed by atoms with Gasteiger partial charge in [0, 0.05) is 0 Å². The Hall–Kier alpha value is -2.32. The lowest BCUT2D eigenvalue weighted by Gasteiger charge is -2.08. The standard InChI is InChI=1S/C17H17NO3S/c18-13-15-7-4-5-8-16(15)14-22(19,20)12-6-11-21-17-9-2-1-3-10-17/h1-5,7-10H,6,11-12,14H2. The Labute approximate surface area is 130 Å². The molecule has 0 aliphatic rings. The van der Waals surface area contributed by atoms with Crippen LogP contribution in [0.4, 0.5) is 0 Å². The molecule has 114 valence electrons. The Morgan fingerprint density at radius 2 is 1.68 bits per heavy atom. The van der Waals surface area contributed by atoms with Gasteiger partial charge in [-0.2, -0.15) is 5.26 Å². The van der Waals surface area contributed by atoms with E-state index in [0.717, 1.165) is 5.75 Å². The quantitative estimate of drug-likeness (QED) is 0.737. The lowest BCUT2D eigenvalue weighted by atomic mass is 10.1. The number of sulfone groups is 1. The van der Waals surface area contributed by atoms with Gasteiger partial charge in [0.05, 0.1) is 29.7 Å². The fraction of sp³-hybridized carbons (Fsp3) is 0.235.